The summed E-state index contributed by atoms with van der Waals surface area (Å²) in [5.41, 5.74) is 0.733. The number of benzene rings is 2. The molecule has 2 aromatic carbocycles. The first-order valence-corrected chi connectivity index (χ1v) is 9.92. The smallest absolute Gasteiger partial charge is 0.254 e. The molecule has 0 aromatic heterocycles. The van der Waals surface area contributed by atoms with Crippen LogP contribution in [0.5, 0.6) is 0 Å². The van der Waals surface area contributed by atoms with Crippen LogP contribution in [0.1, 0.15) is 30.1 Å². The van der Waals surface area contributed by atoms with Gasteiger partial charge in [-0.25, -0.2) is 0 Å². The van der Waals surface area contributed by atoms with Crippen LogP contribution >= 0.6 is 12.4 Å². The molecule has 0 aliphatic carbocycles. The minimum atomic E-state index is -0.0806. The third kappa shape index (κ3) is 4.15. The molecule has 2 aliphatic heterocycles. The van der Waals surface area contributed by atoms with Crippen LogP contribution in [0, 0.1) is 5.92 Å². The van der Waals surface area contributed by atoms with Gasteiger partial charge in [-0.2, -0.15) is 0 Å². The zero-order valence-electron chi connectivity index (χ0n) is 16.3. The summed E-state index contributed by atoms with van der Waals surface area (Å²) in [4.78, 5) is 30.0. The van der Waals surface area contributed by atoms with Gasteiger partial charge in [-0.1, -0.05) is 36.4 Å². The largest absolute Gasteiger partial charge is 0.340 e. The lowest BCUT2D eigenvalue weighted by molar-refractivity contribution is -0.138. The summed E-state index contributed by atoms with van der Waals surface area (Å²) in [5.74, 6) is 0.166. The van der Waals surface area contributed by atoms with Gasteiger partial charge in [0, 0.05) is 44.3 Å². The molecule has 0 radical (unpaired) electrons. The first kappa shape index (κ1) is 20.6. The van der Waals surface area contributed by atoms with E-state index in [4.69, 9.17) is 0 Å². The van der Waals surface area contributed by atoms with Gasteiger partial charge in [-0.3, -0.25) is 9.59 Å². The molecule has 2 heterocycles. The molecule has 0 bridgehead atoms. The van der Waals surface area contributed by atoms with E-state index in [0.717, 1.165) is 55.4 Å². The van der Waals surface area contributed by atoms with Crippen LogP contribution < -0.4 is 5.32 Å². The zero-order chi connectivity index (χ0) is 18.8. The number of amides is 2. The molecule has 150 valence electrons. The van der Waals surface area contributed by atoms with E-state index >= 15 is 0 Å². The molecule has 2 fully saturated rings. The van der Waals surface area contributed by atoms with Crippen molar-refractivity contribution in [1.82, 2.24) is 15.1 Å². The minimum Gasteiger partial charge on any atom is -0.340 e. The summed E-state index contributed by atoms with van der Waals surface area (Å²) in [6, 6.07) is 14.2. The number of piperazine rings is 1. The molecule has 1 unspecified atom stereocenters. The maximum atomic E-state index is 13.2. The van der Waals surface area contributed by atoms with Gasteiger partial charge in [-0.05, 0) is 36.6 Å². The zero-order valence-corrected chi connectivity index (χ0v) is 17.1. The number of nitrogens with one attached hydrogen (secondary N) is 1. The maximum absolute atomic E-state index is 13.2. The Morgan fingerprint density at radius 2 is 1.79 bits per heavy atom. The number of rotatable bonds is 2. The topological polar surface area (TPSA) is 52.7 Å². The fraction of sp³-hybridized carbons (Fsp3) is 0.455. The van der Waals surface area contributed by atoms with E-state index in [1.807, 2.05) is 52.3 Å². The van der Waals surface area contributed by atoms with Crippen LogP contribution in [0.2, 0.25) is 0 Å². The van der Waals surface area contributed by atoms with E-state index in [1.165, 1.54) is 0 Å². The molecular weight excluding hydrogens is 374 g/mol. The number of nitrogens with zero attached hydrogens (tertiary/aromatic N) is 2. The van der Waals surface area contributed by atoms with Gasteiger partial charge in [0.25, 0.3) is 5.91 Å². The van der Waals surface area contributed by atoms with Gasteiger partial charge >= 0.3 is 0 Å². The molecule has 5 nitrogen and oxygen atoms in total. The van der Waals surface area contributed by atoms with Crippen molar-refractivity contribution in [3.63, 3.8) is 0 Å². The summed E-state index contributed by atoms with van der Waals surface area (Å²) < 4.78 is 0. The highest BCUT2D eigenvalue weighted by atomic mass is 35.5. The van der Waals surface area contributed by atoms with E-state index in [9.17, 15) is 9.59 Å². The van der Waals surface area contributed by atoms with E-state index in [-0.39, 0.29) is 30.1 Å². The number of likely N-dealkylation sites (tertiary alicyclic amines) is 1. The van der Waals surface area contributed by atoms with Crippen molar-refractivity contribution in [2.45, 2.75) is 25.8 Å². The van der Waals surface area contributed by atoms with Crippen LogP contribution in [0.3, 0.4) is 0 Å². The normalized spacial score (nSPS) is 22.6. The number of hydrogen-bond acceptors (Lipinski definition) is 3. The second-order valence-corrected chi connectivity index (χ2v) is 7.76. The number of carbonyl (C=O) groups is 2. The molecule has 0 spiro atoms. The summed E-state index contributed by atoms with van der Waals surface area (Å²) in [6.45, 7) is 5.72. The average Bonchev–Trinajstić information content (AvgIpc) is 2.72. The monoisotopic (exact) mass is 401 g/mol. The highest BCUT2D eigenvalue weighted by molar-refractivity contribution is 6.07. The molecule has 2 amide bonds. The van der Waals surface area contributed by atoms with Crippen LogP contribution in [0.15, 0.2) is 42.5 Å². The Bertz CT molecular complexity index is 851. The Hall–Kier alpha value is -2.11. The number of hydrogen-bond donors (Lipinski definition) is 1. The van der Waals surface area contributed by atoms with Crippen molar-refractivity contribution < 1.29 is 9.59 Å². The van der Waals surface area contributed by atoms with Gasteiger partial charge in [0.2, 0.25) is 5.91 Å². The second kappa shape index (κ2) is 8.93. The van der Waals surface area contributed by atoms with Crippen molar-refractivity contribution in [3.8, 4) is 0 Å². The van der Waals surface area contributed by atoms with Crippen LogP contribution in [-0.4, -0.2) is 60.4 Å². The Morgan fingerprint density at radius 1 is 1.00 bits per heavy atom. The van der Waals surface area contributed by atoms with E-state index in [0.29, 0.717) is 12.6 Å². The Labute approximate surface area is 172 Å². The maximum Gasteiger partial charge on any atom is 0.254 e. The number of carbonyl (C=O) groups excluding carboxylic acids is 2. The SMILES string of the molecule is C[C@@H]1CN(C(=O)C2CCCN(C(=O)c3cccc4ccccc34)C2)CCN1.Cl. The average molecular weight is 402 g/mol. The first-order chi connectivity index (χ1) is 13.1. The fourth-order valence-electron chi connectivity index (χ4n) is 4.34. The predicted octanol–water partition coefficient (Wildman–Crippen LogP) is 2.93. The standard InChI is InChI=1S/C22H27N3O2.ClH/c1-16-14-25(13-11-23-16)21(26)18-8-5-12-24(15-18)22(27)20-10-4-7-17-6-2-3-9-19(17)20;/h2-4,6-7,9-10,16,18,23H,5,8,11-15H2,1H3;1H/t16-,18?;/m1./s1. The Kier molecular flexibility index (Phi) is 6.57. The van der Waals surface area contributed by atoms with Gasteiger partial charge < -0.3 is 15.1 Å². The molecule has 2 saturated heterocycles. The van der Waals surface area contributed by atoms with Crippen molar-refractivity contribution in [3.05, 3.63) is 48.0 Å². The first-order valence-electron chi connectivity index (χ1n) is 9.92. The minimum absolute atomic E-state index is 0. The predicted molar refractivity (Wildman–Crippen MR) is 114 cm³/mol. The van der Waals surface area contributed by atoms with Crippen LogP contribution in [0.25, 0.3) is 10.8 Å². The van der Waals surface area contributed by atoms with Gasteiger partial charge in [-0.15, -0.1) is 12.4 Å². The number of fused-ring (bicyclic) bond motifs is 1. The lowest BCUT2D eigenvalue weighted by atomic mass is 9.94. The lowest BCUT2D eigenvalue weighted by Crippen LogP contribution is -2.54. The quantitative estimate of drug-likeness (QED) is 0.841. The molecule has 4 rings (SSSR count). The number of halogens is 1. The van der Waals surface area contributed by atoms with E-state index in [2.05, 4.69) is 12.2 Å². The molecule has 2 aromatic rings. The van der Waals surface area contributed by atoms with Crippen molar-refractivity contribution in [1.29, 1.82) is 0 Å². The van der Waals surface area contributed by atoms with Gasteiger partial charge in [0.15, 0.2) is 0 Å². The Morgan fingerprint density at radius 3 is 2.61 bits per heavy atom. The summed E-state index contributed by atoms with van der Waals surface area (Å²) in [6.07, 6.45) is 1.75. The molecule has 0 saturated carbocycles. The third-order valence-electron chi connectivity index (χ3n) is 5.76. The van der Waals surface area contributed by atoms with Crippen molar-refractivity contribution >= 4 is 35.0 Å². The molecule has 28 heavy (non-hydrogen) atoms. The fourth-order valence-corrected chi connectivity index (χ4v) is 4.34. The molecular formula is C22H28ClN3O2. The van der Waals surface area contributed by atoms with Crippen molar-refractivity contribution in [2.75, 3.05) is 32.7 Å². The van der Waals surface area contributed by atoms with E-state index < -0.39 is 0 Å². The van der Waals surface area contributed by atoms with Crippen LogP contribution in [0.4, 0.5) is 0 Å². The highest BCUT2D eigenvalue weighted by Crippen LogP contribution is 2.24. The van der Waals surface area contributed by atoms with Crippen molar-refractivity contribution in [2.24, 2.45) is 5.92 Å². The van der Waals surface area contributed by atoms with Crippen LogP contribution in [-0.2, 0) is 4.79 Å². The summed E-state index contributed by atoms with van der Waals surface area (Å²) >= 11 is 0. The van der Waals surface area contributed by atoms with Gasteiger partial charge in [0.1, 0.15) is 0 Å². The second-order valence-electron chi connectivity index (χ2n) is 7.76. The highest BCUT2D eigenvalue weighted by Gasteiger charge is 2.33. The molecule has 2 atom stereocenters. The Balaban J connectivity index is 0.00000225. The third-order valence-corrected chi connectivity index (χ3v) is 5.76. The molecule has 6 heteroatoms. The lowest BCUT2D eigenvalue weighted by Gasteiger charge is -2.38. The molecule has 2 aliphatic rings. The summed E-state index contributed by atoms with van der Waals surface area (Å²) in [7, 11) is 0. The van der Waals surface area contributed by atoms with E-state index in [1.54, 1.807) is 0 Å². The van der Waals surface area contributed by atoms with Gasteiger partial charge in [0.05, 0.1) is 5.92 Å². The number of piperidine rings is 1. The molecule has 1 N–H and O–H groups in total. The summed E-state index contributed by atoms with van der Waals surface area (Å²) in [5, 5.41) is 5.43.